The summed E-state index contributed by atoms with van der Waals surface area (Å²) in [5.41, 5.74) is 2.61. The highest BCUT2D eigenvalue weighted by atomic mass is 35.5. The topological polar surface area (TPSA) is 91.1 Å². The van der Waals surface area contributed by atoms with Crippen LogP contribution in [0, 0.1) is 6.92 Å². The van der Waals surface area contributed by atoms with Crippen molar-refractivity contribution in [1.29, 1.82) is 0 Å². The Bertz CT molecular complexity index is 1180. The number of hydrogen-bond acceptors (Lipinski definition) is 4. The largest absolute Gasteiger partial charge is 0.489 e. The number of hydrogen-bond donors (Lipinski definition) is 2. The zero-order valence-corrected chi connectivity index (χ0v) is 17.7. The molecule has 1 aromatic carbocycles. The molecular formula is C20H20Cl2N4O3. The summed E-state index contributed by atoms with van der Waals surface area (Å²) in [5, 5.41) is 8.42. The van der Waals surface area contributed by atoms with Gasteiger partial charge < -0.3 is 14.6 Å². The number of aromatic nitrogens is 3. The predicted molar refractivity (Wildman–Crippen MR) is 112 cm³/mol. The number of halogens is 2. The maximum Gasteiger partial charge on any atom is 0.256 e. The lowest BCUT2D eigenvalue weighted by atomic mass is 9.97. The van der Waals surface area contributed by atoms with Gasteiger partial charge in [0.1, 0.15) is 5.75 Å². The van der Waals surface area contributed by atoms with Crippen molar-refractivity contribution in [2.75, 3.05) is 6.54 Å². The van der Waals surface area contributed by atoms with Crippen molar-refractivity contribution in [2.45, 2.75) is 39.8 Å². The number of pyridine rings is 1. The lowest BCUT2D eigenvalue weighted by molar-refractivity contribution is 0.0726. The Hall–Kier alpha value is -2.51. The molecule has 1 aliphatic heterocycles. The molecule has 0 unspecified atom stereocenters. The summed E-state index contributed by atoms with van der Waals surface area (Å²) in [7, 11) is 0. The number of fused-ring (bicyclic) bond motifs is 2. The first-order valence-corrected chi connectivity index (χ1v) is 10.0. The van der Waals surface area contributed by atoms with E-state index in [2.05, 4.69) is 15.2 Å². The minimum absolute atomic E-state index is 0.115. The number of carbonyl (C=O) groups excluding carboxylic acids is 1. The predicted octanol–water partition coefficient (Wildman–Crippen LogP) is 3.85. The van der Waals surface area contributed by atoms with Crippen molar-refractivity contribution in [3.63, 3.8) is 0 Å². The summed E-state index contributed by atoms with van der Waals surface area (Å²) in [4.78, 5) is 30.3. The van der Waals surface area contributed by atoms with Gasteiger partial charge in [0.15, 0.2) is 0 Å². The summed E-state index contributed by atoms with van der Waals surface area (Å²) >= 11 is 12.9. The van der Waals surface area contributed by atoms with Gasteiger partial charge in [0.25, 0.3) is 11.5 Å². The smallest absolute Gasteiger partial charge is 0.256 e. The Morgan fingerprint density at radius 2 is 2.07 bits per heavy atom. The minimum atomic E-state index is -0.278. The minimum Gasteiger partial charge on any atom is -0.489 e. The van der Waals surface area contributed by atoms with Crippen LogP contribution >= 0.6 is 23.2 Å². The van der Waals surface area contributed by atoms with E-state index >= 15 is 0 Å². The number of aromatic amines is 2. The molecule has 0 atom stereocenters. The van der Waals surface area contributed by atoms with Gasteiger partial charge in [0.05, 0.1) is 40.5 Å². The zero-order valence-electron chi connectivity index (χ0n) is 16.2. The molecule has 4 rings (SSSR count). The van der Waals surface area contributed by atoms with E-state index in [-0.39, 0.29) is 29.1 Å². The van der Waals surface area contributed by atoms with Crippen LogP contribution in [0.5, 0.6) is 5.75 Å². The number of benzene rings is 1. The van der Waals surface area contributed by atoms with Crippen molar-refractivity contribution >= 4 is 40.0 Å². The van der Waals surface area contributed by atoms with Gasteiger partial charge in [-0.25, -0.2) is 0 Å². The van der Waals surface area contributed by atoms with E-state index in [9.17, 15) is 9.59 Å². The van der Waals surface area contributed by atoms with Crippen molar-refractivity contribution in [1.82, 2.24) is 20.1 Å². The Morgan fingerprint density at radius 3 is 2.79 bits per heavy atom. The zero-order chi connectivity index (χ0) is 20.9. The van der Waals surface area contributed by atoms with Crippen molar-refractivity contribution in [3.8, 4) is 5.75 Å². The van der Waals surface area contributed by atoms with Crippen LogP contribution in [0.1, 0.15) is 41.0 Å². The van der Waals surface area contributed by atoms with E-state index in [1.165, 1.54) is 0 Å². The van der Waals surface area contributed by atoms with Crippen LogP contribution in [-0.2, 0) is 13.0 Å². The monoisotopic (exact) mass is 434 g/mol. The third-order valence-corrected chi connectivity index (χ3v) is 5.76. The fourth-order valence-electron chi connectivity index (χ4n) is 3.67. The molecular weight excluding hydrogens is 415 g/mol. The number of H-pyrrole nitrogens is 2. The molecule has 2 aromatic heterocycles. The molecule has 3 heterocycles. The molecule has 29 heavy (non-hydrogen) atoms. The van der Waals surface area contributed by atoms with E-state index in [4.69, 9.17) is 27.9 Å². The molecule has 0 radical (unpaired) electrons. The van der Waals surface area contributed by atoms with Crippen LogP contribution in [0.3, 0.4) is 0 Å². The Morgan fingerprint density at radius 1 is 1.31 bits per heavy atom. The standard InChI is InChI=1S/C20H20Cl2N4O3/c1-9(2)29-15-6-14(21)11-4-5-26(20(28)16(11)17(15)22)8-13-18-12(7-23-25-18)10(3)24-19(13)27/h6-7,9H,4-5,8H2,1-3H3,(H,23,25)(H,24,27). The van der Waals surface area contributed by atoms with Gasteiger partial charge in [-0.1, -0.05) is 23.2 Å². The number of nitrogens with one attached hydrogen (secondary N) is 2. The second-order valence-corrected chi connectivity index (χ2v) is 8.17. The molecule has 7 nitrogen and oxygen atoms in total. The Labute approximate surface area is 177 Å². The number of rotatable bonds is 4. The van der Waals surface area contributed by atoms with E-state index < -0.39 is 0 Å². The van der Waals surface area contributed by atoms with Crippen LogP contribution in [0.25, 0.3) is 10.9 Å². The van der Waals surface area contributed by atoms with E-state index in [1.807, 2.05) is 20.8 Å². The highest BCUT2D eigenvalue weighted by Crippen LogP contribution is 2.39. The molecule has 0 bridgehead atoms. The summed E-state index contributed by atoms with van der Waals surface area (Å²) in [6.45, 7) is 6.11. The van der Waals surface area contributed by atoms with Gasteiger partial charge in [0, 0.05) is 28.7 Å². The maximum absolute atomic E-state index is 13.3. The first-order valence-electron chi connectivity index (χ1n) is 9.29. The molecule has 1 aliphatic rings. The second-order valence-electron chi connectivity index (χ2n) is 7.38. The first kappa shape index (κ1) is 19.8. The number of aryl methyl sites for hydroxylation is 1. The first-order chi connectivity index (χ1) is 13.8. The Kier molecular flexibility index (Phi) is 5.04. The fourth-order valence-corrected chi connectivity index (χ4v) is 4.26. The summed E-state index contributed by atoms with van der Waals surface area (Å²) in [6, 6.07) is 1.66. The van der Waals surface area contributed by atoms with Crippen LogP contribution in [0.4, 0.5) is 0 Å². The highest BCUT2D eigenvalue weighted by molar-refractivity contribution is 6.38. The normalized spacial score (nSPS) is 14.0. The molecule has 0 aliphatic carbocycles. The third-order valence-electron chi connectivity index (χ3n) is 5.05. The van der Waals surface area contributed by atoms with Gasteiger partial charge in [-0.05, 0) is 32.8 Å². The Balaban J connectivity index is 1.74. The third kappa shape index (κ3) is 3.38. The lowest BCUT2D eigenvalue weighted by Crippen LogP contribution is -2.39. The van der Waals surface area contributed by atoms with Crippen LogP contribution in [0.2, 0.25) is 10.0 Å². The van der Waals surface area contributed by atoms with Crippen LogP contribution in [0.15, 0.2) is 17.1 Å². The molecule has 0 fully saturated rings. The lowest BCUT2D eigenvalue weighted by Gasteiger charge is -2.30. The summed E-state index contributed by atoms with van der Waals surface area (Å²) in [6.07, 6.45) is 2.08. The van der Waals surface area contributed by atoms with Gasteiger partial charge in [0.2, 0.25) is 0 Å². The maximum atomic E-state index is 13.3. The van der Waals surface area contributed by atoms with Gasteiger partial charge >= 0.3 is 0 Å². The number of ether oxygens (including phenoxy) is 1. The van der Waals surface area contributed by atoms with Crippen LogP contribution in [-0.4, -0.2) is 38.6 Å². The highest BCUT2D eigenvalue weighted by Gasteiger charge is 2.31. The van der Waals surface area contributed by atoms with Crippen molar-refractivity contribution < 1.29 is 9.53 Å². The molecule has 2 N–H and O–H groups in total. The molecule has 0 saturated heterocycles. The van der Waals surface area contributed by atoms with Gasteiger partial charge in [-0.3, -0.25) is 14.7 Å². The molecule has 0 saturated carbocycles. The molecule has 152 valence electrons. The van der Waals surface area contributed by atoms with E-state index in [0.717, 1.165) is 11.1 Å². The van der Waals surface area contributed by atoms with E-state index in [0.29, 0.717) is 45.9 Å². The average molecular weight is 435 g/mol. The van der Waals surface area contributed by atoms with Gasteiger partial charge in [-0.2, -0.15) is 5.10 Å². The van der Waals surface area contributed by atoms with Gasteiger partial charge in [-0.15, -0.1) is 0 Å². The van der Waals surface area contributed by atoms with E-state index in [1.54, 1.807) is 17.2 Å². The SMILES string of the molecule is Cc1[nH]c(=O)c(CN2CCc3c(Cl)cc(OC(C)C)c(Cl)c3C2=O)c2[nH]ncc12. The van der Waals surface area contributed by atoms with Crippen LogP contribution < -0.4 is 10.3 Å². The molecule has 0 spiro atoms. The quantitative estimate of drug-likeness (QED) is 0.651. The summed E-state index contributed by atoms with van der Waals surface area (Å²) in [5.74, 6) is 0.102. The molecule has 1 amide bonds. The van der Waals surface area contributed by atoms with Crippen molar-refractivity contribution in [2.24, 2.45) is 0 Å². The number of amides is 1. The average Bonchev–Trinajstić information content (AvgIpc) is 3.14. The summed E-state index contributed by atoms with van der Waals surface area (Å²) < 4.78 is 5.72. The fraction of sp³-hybridized carbons (Fsp3) is 0.350. The number of carbonyl (C=O) groups is 1. The number of nitrogens with zero attached hydrogens (tertiary/aromatic N) is 2. The van der Waals surface area contributed by atoms with Crippen molar-refractivity contribution in [3.05, 3.63) is 55.0 Å². The molecule has 9 heteroatoms. The second kappa shape index (κ2) is 7.39. The molecule has 3 aromatic rings.